The summed E-state index contributed by atoms with van der Waals surface area (Å²) >= 11 is 2.88. The zero-order chi connectivity index (χ0) is 18.5. The van der Waals surface area contributed by atoms with Crippen LogP contribution in [-0.2, 0) is 4.79 Å². The molecule has 26 heavy (non-hydrogen) atoms. The molecule has 1 unspecified atom stereocenters. The van der Waals surface area contributed by atoms with Crippen LogP contribution in [0, 0.1) is 10.1 Å². The van der Waals surface area contributed by atoms with Crippen LogP contribution in [0.15, 0.2) is 64.3 Å². The number of thioether (sulfide) groups is 1. The summed E-state index contributed by atoms with van der Waals surface area (Å²) in [4.78, 5) is 27.1. The quantitative estimate of drug-likeness (QED) is 0.373. The van der Waals surface area contributed by atoms with Crippen LogP contribution in [0.3, 0.4) is 0 Å². The van der Waals surface area contributed by atoms with Crippen molar-refractivity contribution in [2.24, 2.45) is 0 Å². The summed E-state index contributed by atoms with van der Waals surface area (Å²) in [6, 6.07) is 15.6. The largest absolute Gasteiger partial charge is 0.325 e. The maximum atomic E-state index is 12.3. The number of rotatable bonds is 6. The van der Waals surface area contributed by atoms with Crippen molar-refractivity contribution in [1.82, 2.24) is 4.98 Å². The molecule has 0 fully saturated rings. The fraction of sp³-hybridized carbons (Fsp3) is 0.111. The molecule has 1 atom stereocenters. The second-order valence-electron chi connectivity index (χ2n) is 5.42. The predicted octanol–water partition coefficient (Wildman–Crippen LogP) is 4.84. The molecular formula is C18H15N3O3S2. The smallest absolute Gasteiger partial charge is 0.269 e. The number of hydrogen-bond acceptors (Lipinski definition) is 6. The zero-order valence-electron chi connectivity index (χ0n) is 13.8. The summed E-state index contributed by atoms with van der Waals surface area (Å²) in [7, 11) is 0. The van der Waals surface area contributed by atoms with E-state index >= 15 is 0 Å². The Morgan fingerprint density at radius 3 is 2.54 bits per heavy atom. The minimum absolute atomic E-state index is 0.0124. The number of nitrogens with zero attached hydrogens (tertiary/aromatic N) is 2. The molecule has 0 aliphatic carbocycles. The molecular weight excluding hydrogens is 370 g/mol. The highest BCUT2D eigenvalue weighted by molar-refractivity contribution is 8.02. The van der Waals surface area contributed by atoms with Crippen molar-refractivity contribution in [1.29, 1.82) is 0 Å². The lowest BCUT2D eigenvalue weighted by molar-refractivity contribution is -0.384. The van der Waals surface area contributed by atoms with E-state index in [0.717, 1.165) is 15.6 Å². The number of benzene rings is 2. The summed E-state index contributed by atoms with van der Waals surface area (Å²) in [6.07, 6.45) is 0. The van der Waals surface area contributed by atoms with Crippen LogP contribution in [0.4, 0.5) is 11.4 Å². The number of nitro groups is 1. The van der Waals surface area contributed by atoms with Gasteiger partial charge in [-0.3, -0.25) is 14.9 Å². The first kappa shape index (κ1) is 18.1. The van der Waals surface area contributed by atoms with Gasteiger partial charge in [-0.2, -0.15) is 0 Å². The first-order chi connectivity index (χ1) is 12.5. The third kappa shape index (κ3) is 4.47. The average molecular weight is 385 g/mol. The number of carbonyl (C=O) groups excluding carboxylic acids is 1. The van der Waals surface area contributed by atoms with Gasteiger partial charge in [0.15, 0.2) is 4.34 Å². The van der Waals surface area contributed by atoms with Crippen LogP contribution in [0.2, 0.25) is 0 Å². The molecule has 1 aromatic heterocycles. The minimum atomic E-state index is -0.475. The number of thiazole rings is 1. The van der Waals surface area contributed by atoms with E-state index in [1.807, 2.05) is 35.7 Å². The van der Waals surface area contributed by atoms with Crippen molar-refractivity contribution < 1.29 is 9.72 Å². The lowest BCUT2D eigenvalue weighted by Crippen LogP contribution is -2.22. The van der Waals surface area contributed by atoms with Gasteiger partial charge in [0.1, 0.15) is 0 Å². The minimum Gasteiger partial charge on any atom is -0.325 e. The van der Waals surface area contributed by atoms with Crippen LogP contribution in [-0.4, -0.2) is 21.1 Å². The van der Waals surface area contributed by atoms with E-state index in [0.29, 0.717) is 5.69 Å². The van der Waals surface area contributed by atoms with Crippen molar-refractivity contribution in [2.45, 2.75) is 16.5 Å². The van der Waals surface area contributed by atoms with Gasteiger partial charge in [-0.05, 0) is 19.1 Å². The summed E-state index contributed by atoms with van der Waals surface area (Å²) in [6.45, 7) is 1.80. The summed E-state index contributed by atoms with van der Waals surface area (Å²) in [5, 5.41) is 15.0. The molecule has 0 bridgehead atoms. The van der Waals surface area contributed by atoms with E-state index in [-0.39, 0.29) is 16.8 Å². The van der Waals surface area contributed by atoms with E-state index in [4.69, 9.17) is 0 Å². The lowest BCUT2D eigenvalue weighted by atomic mass is 10.2. The maximum Gasteiger partial charge on any atom is 0.269 e. The van der Waals surface area contributed by atoms with Crippen molar-refractivity contribution in [3.63, 3.8) is 0 Å². The normalized spacial score (nSPS) is 11.7. The molecule has 0 saturated carbocycles. The Kier molecular flexibility index (Phi) is 5.65. The molecule has 0 spiro atoms. The Labute approximate surface area is 158 Å². The Morgan fingerprint density at radius 1 is 1.19 bits per heavy atom. The van der Waals surface area contributed by atoms with E-state index in [1.165, 1.54) is 47.4 Å². The lowest BCUT2D eigenvalue weighted by Gasteiger charge is -2.10. The zero-order valence-corrected chi connectivity index (χ0v) is 15.4. The van der Waals surface area contributed by atoms with Crippen molar-refractivity contribution in [3.05, 3.63) is 70.1 Å². The monoisotopic (exact) mass is 385 g/mol. The van der Waals surface area contributed by atoms with Crippen LogP contribution in [0.5, 0.6) is 0 Å². The fourth-order valence-electron chi connectivity index (χ4n) is 2.17. The molecule has 8 heteroatoms. The molecule has 1 N–H and O–H groups in total. The Bertz CT molecular complexity index is 911. The molecule has 1 amide bonds. The first-order valence-electron chi connectivity index (χ1n) is 7.76. The van der Waals surface area contributed by atoms with E-state index in [1.54, 1.807) is 6.92 Å². The Balaban J connectivity index is 1.61. The third-order valence-electron chi connectivity index (χ3n) is 3.55. The van der Waals surface area contributed by atoms with Gasteiger partial charge >= 0.3 is 0 Å². The topological polar surface area (TPSA) is 85.1 Å². The van der Waals surface area contributed by atoms with Gasteiger partial charge in [0.05, 0.1) is 15.9 Å². The van der Waals surface area contributed by atoms with E-state index in [9.17, 15) is 14.9 Å². The summed E-state index contributed by atoms with van der Waals surface area (Å²) < 4.78 is 0.815. The SMILES string of the molecule is CC(Sc1nc(-c2ccccc2)cs1)C(=O)Nc1ccc([N+](=O)[O-])cc1. The van der Waals surface area contributed by atoms with Gasteiger partial charge < -0.3 is 5.32 Å². The van der Waals surface area contributed by atoms with Crippen LogP contribution >= 0.6 is 23.1 Å². The number of carbonyl (C=O) groups is 1. The van der Waals surface area contributed by atoms with Crippen LogP contribution in [0.1, 0.15) is 6.92 Å². The van der Waals surface area contributed by atoms with Crippen molar-refractivity contribution in [3.8, 4) is 11.3 Å². The third-order valence-corrected chi connectivity index (χ3v) is 5.62. The van der Waals surface area contributed by atoms with E-state index < -0.39 is 4.92 Å². The van der Waals surface area contributed by atoms with Gasteiger partial charge in [0, 0.05) is 28.8 Å². The number of nitro benzene ring substituents is 1. The van der Waals surface area contributed by atoms with Gasteiger partial charge in [0.25, 0.3) is 5.69 Å². The summed E-state index contributed by atoms with van der Waals surface area (Å²) in [5.74, 6) is -0.180. The highest BCUT2D eigenvalue weighted by Crippen LogP contribution is 2.31. The Morgan fingerprint density at radius 2 is 1.88 bits per heavy atom. The summed E-state index contributed by atoms with van der Waals surface area (Å²) in [5.41, 5.74) is 2.44. The fourth-order valence-corrected chi connectivity index (χ4v) is 4.14. The molecule has 3 aromatic rings. The van der Waals surface area contributed by atoms with Crippen LogP contribution in [0.25, 0.3) is 11.3 Å². The average Bonchev–Trinajstić information content (AvgIpc) is 3.11. The number of aromatic nitrogens is 1. The molecule has 2 aromatic carbocycles. The molecule has 0 aliphatic heterocycles. The maximum absolute atomic E-state index is 12.3. The highest BCUT2D eigenvalue weighted by atomic mass is 32.2. The van der Waals surface area contributed by atoms with E-state index in [2.05, 4.69) is 10.3 Å². The van der Waals surface area contributed by atoms with Crippen molar-refractivity contribution in [2.75, 3.05) is 5.32 Å². The highest BCUT2D eigenvalue weighted by Gasteiger charge is 2.17. The molecule has 6 nitrogen and oxygen atoms in total. The number of amides is 1. The predicted molar refractivity (Wildman–Crippen MR) is 105 cm³/mol. The van der Waals surface area contributed by atoms with Gasteiger partial charge in [-0.1, -0.05) is 42.1 Å². The first-order valence-corrected chi connectivity index (χ1v) is 9.52. The van der Waals surface area contributed by atoms with Gasteiger partial charge in [-0.15, -0.1) is 11.3 Å². The molecule has 132 valence electrons. The second kappa shape index (κ2) is 8.11. The number of anilines is 1. The number of non-ortho nitro benzene ring substituents is 1. The number of nitrogens with one attached hydrogen (secondary N) is 1. The molecule has 1 heterocycles. The number of hydrogen-bond donors (Lipinski definition) is 1. The molecule has 0 radical (unpaired) electrons. The molecule has 0 aliphatic rings. The van der Waals surface area contributed by atoms with Crippen LogP contribution < -0.4 is 5.32 Å². The standard InChI is InChI=1S/C18H15N3O3S2/c1-12(17(22)19-14-7-9-15(10-8-14)21(23)24)26-18-20-16(11-25-18)13-5-3-2-4-6-13/h2-12H,1H3,(H,19,22). The van der Waals surface area contributed by atoms with Gasteiger partial charge in [-0.25, -0.2) is 4.98 Å². The van der Waals surface area contributed by atoms with Crippen molar-refractivity contribution >= 4 is 40.4 Å². The molecule has 3 rings (SSSR count). The molecule has 0 saturated heterocycles. The van der Waals surface area contributed by atoms with Gasteiger partial charge in [0.2, 0.25) is 5.91 Å². The second-order valence-corrected chi connectivity index (χ2v) is 7.86. The Hall–Kier alpha value is -2.71.